The van der Waals surface area contributed by atoms with Gasteiger partial charge in [-0.3, -0.25) is 9.29 Å². The van der Waals surface area contributed by atoms with Crippen LogP contribution >= 0.6 is 0 Å². The van der Waals surface area contributed by atoms with Crippen molar-refractivity contribution < 1.29 is 22.4 Å². The van der Waals surface area contributed by atoms with Gasteiger partial charge in [0.25, 0.3) is 5.88 Å². The first kappa shape index (κ1) is 22.3. The van der Waals surface area contributed by atoms with E-state index in [-0.39, 0.29) is 0 Å². The predicted octanol–water partition coefficient (Wildman–Crippen LogP) is 3.55. The summed E-state index contributed by atoms with van der Waals surface area (Å²) < 4.78 is 45.2. The van der Waals surface area contributed by atoms with Crippen molar-refractivity contribution in [2.75, 3.05) is 37.2 Å². The van der Waals surface area contributed by atoms with Gasteiger partial charge in [-0.1, -0.05) is 0 Å². The van der Waals surface area contributed by atoms with Crippen LogP contribution in [0.15, 0.2) is 41.1 Å². The second-order valence-corrected chi connectivity index (χ2v) is 9.48. The lowest BCUT2D eigenvalue weighted by atomic mass is 10.2. The fourth-order valence-corrected chi connectivity index (χ4v) is 5.37. The number of rotatable bonds is 10. The average molecular weight is 461 g/mol. The summed E-state index contributed by atoms with van der Waals surface area (Å²) in [4.78, 5) is 4.14. The molecule has 0 unspecified atom stereocenters. The number of hydrogen-bond acceptors (Lipinski definition) is 7. The maximum Gasteiger partial charge on any atom is 0.304 e. The molecule has 9 nitrogen and oxygen atoms in total. The number of hydrogen-bond donors (Lipinski definition) is 0. The first-order valence-electron chi connectivity index (χ1n) is 10.8. The topological polar surface area (TPSA) is 98.0 Å². The molecule has 3 heterocycles. The number of aromatic nitrogens is 2. The van der Waals surface area contributed by atoms with Gasteiger partial charge in [0, 0.05) is 37.6 Å². The van der Waals surface area contributed by atoms with Crippen molar-refractivity contribution in [3.05, 3.63) is 42.2 Å². The van der Waals surface area contributed by atoms with Gasteiger partial charge in [-0.2, -0.15) is 12.7 Å². The highest BCUT2D eigenvalue weighted by Crippen LogP contribution is 2.28. The lowest BCUT2D eigenvalue weighted by Crippen LogP contribution is -2.33. The molecule has 0 bridgehead atoms. The second-order valence-electron chi connectivity index (χ2n) is 7.62. The van der Waals surface area contributed by atoms with E-state index in [1.54, 1.807) is 28.7 Å². The molecule has 1 fully saturated rings. The quantitative estimate of drug-likeness (QED) is 0.427. The van der Waals surface area contributed by atoms with Gasteiger partial charge in [0.05, 0.1) is 24.3 Å². The molecule has 0 aliphatic carbocycles. The fourth-order valence-electron chi connectivity index (χ4n) is 3.73. The summed E-state index contributed by atoms with van der Waals surface area (Å²) in [5.41, 5.74) is 2.10. The van der Waals surface area contributed by atoms with E-state index in [4.69, 9.17) is 14.0 Å². The minimum absolute atomic E-state index is 0.462. The molecule has 1 aliphatic rings. The van der Waals surface area contributed by atoms with E-state index in [1.807, 2.05) is 26.0 Å². The Labute approximate surface area is 188 Å². The minimum atomic E-state index is -3.48. The molecule has 32 heavy (non-hydrogen) atoms. The van der Waals surface area contributed by atoms with Crippen LogP contribution in [-0.2, 0) is 10.2 Å². The van der Waals surface area contributed by atoms with Crippen molar-refractivity contribution in [1.29, 1.82) is 0 Å². The molecule has 0 amide bonds. The molecular formula is C22H28N4O5S. The maximum atomic E-state index is 12.8. The zero-order valence-corrected chi connectivity index (χ0v) is 19.2. The van der Waals surface area contributed by atoms with E-state index in [0.29, 0.717) is 55.7 Å². The lowest BCUT2D eigenvalue weighted by molar-refractivity contribution is 0.298. The standard InChI is InChI=1S/C22H28N4O5S/c1-3-29-22-20-8-7-19(16-21(20)31-24-22)30-14-6-4-5-11-25-12-13-26(32(25,27)28)18-9-10-23-17(2)15-18/h7-10,15-16H,3-6,11-14H2,1-2H3. The third kappa shape index (κ3) is 4.81. The molecule has 172 valence electrons. The molecule has 1 aliphatic heterocycles. The zero-order chi connectivity index (χ0) is 22.6. The van der Waals surface area contributed by atoms with Crippen LogP contribution in [0.25, 0.3) is 11.0 Å². The molecule has 0 N–H and O–H groups in total. The number of ether oxygens (including phenoxy) is 2. The zero-order valence-electron chi connectivity index (χ0n) is 18.4. The number of benzene rings is 1. The molecule has 1 aromatic carbocycles. The van der Waals surface area contributed by atoms with Crippen molar-refractivity contribution in [2.45, 2.75) is 33.1 Å². The van der Waals surface area contributed by atoms with Gasteiger partial charge >= 0.3 is 10.2 Å². The van der Waals surface area contributed by atoms with Gasteiger partial charge in [-0.15, -0.1) is 0 Å². The smallest absolute Gasteiger partial charge is 0.304 e. The van der Waals surface area contributed by atoms with E-state index in [9.17, 15) is 8.42 Å². The van der Waals surface area contributed by atoms with Gasteiger partial charge in [0.1, 0.15) is 5.75 Å². The highest BCUT2D eigenvalue weighted by molar-refractivity contribution is 7.90. The van der Waals surface area contributed by atoms with Crippen molar-refractivity contribution in [3.8, 4) is 11.6 Å². The van der Waals surface area contributed by atoms with Gasteiger partial charge in [0.2, 0.25) is 0 Å². The van der Waals surface area contributed by atoms with E-state index in [2.05, 4.69) is 10.1 Å². The van der Waals surface area contributed by atoms with Gasteiger partial charge in [-0.25, -0.2) is 0 Å². The molecule has 2 aromatic heterocycles. The molecule has 0 saturated carbocycles. The first-order chi connectivity index (χ1) is 15.5. The Kier molecular flexibility index (Phi) is 6.80. The molecule has 4 rings (SSSR count). The van der Waals surface area contributed by atoms with Gasteiger partial charge in [0.15, 0.2) is 5.58 Å². The van der Waals surface area contributed by atoms with E-state index in [1.165, 1.54) is 4.31 Å². The Morgan fingerprint density at radius 3 is 2.78 bits per heavy atom. The van der Waals surface area contributed by atoms with Crippen LogP contribution in [0.3, 0.4) is 0 Å². The van der Waals surface area contributed by atoms with E-state index < -0.39 is 10.2 Å². The predicted molar refractivity (Wildman–Crippen MR) is 121 cm³/mol. The monoisotopic (exact) mass is 460 g/mol. The fraction of sp³-hybridized carbons (Fsp3) is 0.455. The molecule has 0 spiro atoms. The molecule has 1 saturated heterocycles. The summed E-state index contributed by atoms with van der Waals surface area (Å²) in [5.74, 6) is 1.20. The highest BCUT2D eigenvalue weighted by atomic mass is 32.2. The second kappa shape index (κ2) is 9.74. The summed E-state index contributed by atoms with van der Waals surface area (Å²) in [6.45, 7) is 6.30. The molecular weight excluding hydrogens is 432 g/mol. The third-order valence-corrected chi connectivity index (χ3v) is 7.31. The van der Waals surface area contributed by atoms with Crippen LogP contribution in [-0.4, -0.2) is 55.7 Å². The molecule has 10 heteroatoms. The molecule has 0 atom stereocenters. The normalized spacial score (nSPS) is 16.0. The number of pyridine rings is 1. The van der Waals surface area contributed by atoms with E-state index >= 15 is 0 Å². The van der Waals surface area contributed by atoms with E-state index in [0.717, 1.165) is 30.3 Å². The SMILES string of the molecule is CCOc1noc2cc(OCCCCCN3CCN(c4ccnc(C)c4)S3(=O)=O)ccc12. The van der Waals surface area contributed by atoms with Crippen LogP contribution in [0.1, 0.15) is 31.9 Å². The Bertz CT molecular complexity index is 1160. The van der Waals surface area contributed by atoms with Crippen molar-refractivity contribution in [2.24, 2.45) is 0 Å². The third-order valence-electron chi connectivity index (χ3n) is 5.34. The lowest BCUT2D eigenvalue weighted by Gasteiger charge is -2.20. The summed E-state index contributed by atoms with van der Waals surface area (Å²) in [6.07, 6.45) is 4.13. The van der Waals surface area contributed by atoms with Crippen LogP contribution in [0.4, 0.5) is 5.69 Å². The maximum absolute atomic E-state index is 12.8. The largest absolute Gasteiger partial charge is 0.493 e. The minimum Gasteiger partial charge on any atom is -0.493 e. The van der Waals surface area contributed by atoms with Crippen molar-refractivity contribution >= 4 is 26.9 Å². The van der Waals surface area contributed by atoms with Crippen LogP contribution < -0.4 is 13.8 Å². The van der Waals surface area contributed by atoms with Crippen LogP contribution in [0, 0.1) is 6.92 Å². The average Bonchev–Trinajstić information content (AvgIpc) is 3.30. The Hall–Kier alpha value is -2.85. The Morgan fingerprint density at radius 1 is 1.09 bits per heavy atom. The van der Waals surface area contributed by atoms with Crippen molar-refractivity contribution in [3.63, 3.8) is 0 Å². The number of fused-ring (bicyclic) bond motifs is 1. The summed E-state index contributed by atoms with van der Waals surface area (Å²) >= 11 is 0. The summed E-state index contributed by atoms with van der Waals surface area (Å²) in [6, 6.07) is 9.08. The number of anilines is 1. The number of nitrogens with zero attached hydrogens (tertiary/aromatic N) is 4. The Balaban J connectivity index is 1.21. The summed E-state index contributed by atoms with van der Waals surface area (Å²) in [7, 11) is -3.48. The summed E-state index contributed by atoms with van der Waals surface area (Å²) in [5, 5.41) is 4.73. The first-order valence-corrected chi connectivity index (χ1v) is 12.2. The van der Waals surface area contributed by atoms with Gasteiger partial charge in [-0.05, 0) is 62.5 Å². The highest BCUT2D eigenvalue weighted by Gasteiger charge is 2.36. The van der Waals surface area contributed by atoms with Crippen molar-refractivity contribution in [1.82, 2.24) is 14.4 Å². The van der Waals surface area contributed by atoms with Gasteiger partial charge < -0.3 is 14.0 Å². The van der Waals surface area contributed by atoms with Crippen LogP contribution in [0.2, 0.25) is 0 Å². The number of aryl methyl sites for hydroxylation is 1. The van der Waals surface area contributed by atoms with Crippen LogP contribution in [0.5, 0.6) is 11.6 Å². The Morgan fingerprint density at radius 2 is 1.97 bits per heavy atom. The molecule has 3 aromatic rings. The molecule has 0 radical (unpaired) electrons. The number of unbranched alkanes of at least 4 members (excludes halogenated alkanes) is 2.